The van der Waals surface area contributed by atoms with Crippen molar-refractivity contribution in [1.29, 1.82) is 0 Å². The first-order valence-corrected chi connectivity index (χ1v) is 9.99. The summed E-state index contributed by atoms with van der Waals surface area (Å²) < 4.78 is 5.80. The Kier molecular flexibility index (Phi) is 5.63. The van der Waals surface area contributed by atoms with Crippen molar-refractivity contribution in [1.82, 2.24) is 0 Å². The third-order valence-corrected chi connectivity index (χ3v) is 5.43. The monoisotopic (exact) mass is 391 g/mol. The van der Waals surface area contributed by atoms with Crippen molar-refractivity contribution in [3.05, 3.63) is 90.0 Å². The van der Waals surface area contributed by atoms with E-state index in [2.05, 4.69) is 11.0 Å². The molecule has 3 aromatic rings. The van der Waals surface area contributed by atoms with E-state index in [-0.39, 0.29) is 11.2 Å². The topological polar surface area (TPSA) is 29.5 Å². The maximum Gasteiger partial charge on any atom is 0.193 e. The van der Waals surface area contributed by atoms with Gasteiger partial charge in [0.15, 0.2) is 5.78 Å². The summed E-state index contributed by atoms with van der Waals surface area (Å²) >= 11 is 6.20. The minimum absolute atomic E-state index is 0.0142. The highest BCUT2D eigenvalue weighted by Gasteiger charge is 2.18. The summed E-state index contributed by atoms with van der Waals surface area (Å²) in [5.41, 5.74) is 2.43. The Balaban J connectivity index is 1.47. The molecule has 28 heavy (non-hydrogen) atoms. The van der Waals surface area contributed by atoms with Gasteiger partial charge in [0, 0.05) is 35.3 Å². The standard InChI is InChI=1S/C24H22ClNO2/c25-20-13-15-26(16-14-20)21-6-4-5-19(17-21)24(27)18-9-11-23(12-10-18)28-22-7-2-1-3-8-22/h1-12,17,20H,13-16H2. The fourth-order valence-corrected chi connectivity index (χ4v) is 3.61. The van der Waals surface area contributed by atoms with Crippen LogP contribution in [0.2, 0.25) is 0 Å². The molecule has 4 rings (SSSR count). The second-order valence-corrected chi connectivity index (χ2v) is 7.60. The number of carbonyl (C=O) groups is 1. The average Bonchev–Trinajstić information content (AvgIpc) is 2.75. The number of ketones is 1. The second-order valence-electron chi connectivity index (χ2n) is 6.98. The number of piperidine rings is 1. The van der Waals surface area contributed by atoms with E-state index in [1.807, 2.05) is 72.8 Å². The first-order valence-electron chi connectivity index (χ1n) is 9.56. The molecule has 0 N–H and O–H groups in total. The molecule has 0 bridgehead atoms. The lowest BCUT2D eigenvalue weighted by Crippen LogP contribution is -2.34. The number of halogens is 1. The van der Waals surface area contributed by atoms with Crippen LogP contribution in [-0.4, -0.2) is 24.2 Å². The van der Waals surface area contributed by atoms with Gasteiger partial charge in [-0.3, -0.25) is 4.79 Å². The normalized spacial score (nSPS) is 14.7. The van der Waals surface area contributed by atoms with E-state index in [1.165, 1.54) is 0 Å². The van der Waals surface area contributed by atoms with Crippen molar-refractivity contribution in [3.63, 3.8) is 0 Å². The highest BCUT2D eigenvalue weighted by atomic mass is 35.5. The molecule has 3 nitrogen and oxygen atoms in total. The molecule has 0 amide bonds. The van der Waals surface area contributed by atoms with Gasteiger partial charge < -0.3 is 9.64 Å². The van der Waals surface area contributed by atoms with Crippen molar-refractivity contribution >= 4 is 23.1 Å². The Labute approximate surface area is 170 Å². The highest BCUT2D eigenvalue weighted by Crippen LogP contribution is 2.25. The number of rotatable bonds is 5. The molecule has 1 aliphatic heterocycles. The molecule has 4 heteroatoms. The van der Waals surface area contributed by atoms with Crippen molar-refractivity contribution < 1.29 is 9.53 Å². The fraction of sp³-hybridized carbons (Fsp3) is 0.208. The Morgan fingerprint density at radius 2 is 1.50 bits per heavy atom. The molecule has 0 aromatic heterocycles. The minimum Gasteiger partial charge on any atom is -0.457 e. The summed E-state index contributed by atoms with van der Waals surface area (Å²) in [4.78, 5) is 15.2. The predicted octanol–water partition coefficient (Wildman–Crippen LogP) is 5.92. The van der Waals surface area contributed by atoms with E-state index in [0.717, 1.165) is 37.4 Å². The zero-order chi connectivity index (χ0) is 19.3. The maximum atomic E-state index is 12.9. The third kappa shape index (κ3) is 4.37. The summed E-state index contributed by atoms with van der Waals surface area (Å²) in [7, 11) is 0. The van der Waals surface area contributed by atoms with Crippen LogP contribution in [0.15, 0.2) is 78.9 Å². The lowest BCUT2D eigenvalue weighted by Gasteiger charge is -2.31. The van der Waals surface area contributed by atoms with Crippen LogP contribution in [0.3, 0.4) is 0 Å². The zero-order valence-corrected chi connectivity index (χ0v) is 16.3. The second kappa shape index (κ2) is 8.49. The molecule has 0 spiro atoms. The number of benzene rings is 3. The third-order valence-electron chi connectivity index (χ3n) is 4.99. The van der Waals surface area contributed by atoms with Crippen LogP contribution in [0, 0.1) is 0 Å². The van der Waals surface area contributed by atoms with Gasteiger partial charge in [0.25, 0.3) is 0 Å². The van der Waals surface area contributed by atoms with Crippen LogP contribution in [0.1, 0.15) is 28.8 Å². The number of alkyl halides is 1. The van der Waals surface area contributed by atoms with E-state index in [4.69, 9.17) is 16.3 Å². The van der Waals surface area contributed by atoms with Crippen molar-refractivity contribution in [2.75, 3.05) is 18.0 Å². The Hall–Kier alpha value is -2.78. The number of anilines is 1. The van der Waals surface area contributed by atoms with Crippen molar-refractivity contribution in [2.24, 2.45) is 0 Å². The molecule has 3 aromatic carbocycles. The molecule has 0 aliphatic carbocycles. The van der Waals surface area contributed by atoms with Gasteiger partial charge in [0.1, 0.15) is 11.5 Å². The number of nitrogens with zero attached hydrogens (tertiary/aromatic N) is 1. The number of carbonyl (C=O) groups excluding carboxylic acids is 1. The molecule has 0 unspecified atom stereocenters. The van der Waals surface area contributed by atoms with E-state index < -0.39 is 0 Å². The minimum atomic E-state index is 0.0142. The van der Waals surface area contributed by atoms with Crippen LogP contribution in [-0.2, 0) is 0 Å². The van der Waals surface area contributed by atoms with Gasteiger partial charge in [0.2, 0.25) is 0 Å². The SMILES string of the molecule is O=C(c1ccc(Oc2ccccc2)cc1)c1cccc(N2CCC(Cl)CC2)c1. The largest absolute Gasteiger partial charge is 0.457 e. The first-order chi connectivity index (χ1) is 13.7. The number of hydrogen-bond donors (Lipinski definition) is 0. The molecule has 0 radical (unpaired) electrons. The average molecular weight is 392 g/mol. The molecular weight excluding hydrogens is 370 g/mol. The van der Waals surface area contributed by atoms with Crippen LogP contribution >= 0.6 is 11.6 Å². The van der Waals surface area contributed by atoms with Crippen LogP contribution in [0.5, 0.6) is 11.5 Å². The molecule has 0 saturated carbocycles. The van der Waals surface area contributed by atoms with Gasteiger partial charge >= 0.3 is 0 Å². The van der Waals surface area contributed by atoms with Gasteiger partial charge in [-0.05, 0) is 61.4 Å². The zero-order valence-electron chi connectivity index (χ0n) is 15.6. The summed E-state index contributed by atoms with van der Waals surface area (Å²) in [6.45, 7) is 1.86. The molecule has 0 atom stereocenters. The maximum absolute atomic E-state index is 12.9. The summed E-state index contributed by atoms with van der Waals surface area (Å²) in [6.07, 6.45) is 1.95. The Morgan fingerprint density at radius 1 is 0.821 bits per heavy atom. The number of ether oxygens (including phenoxy) is 1. The fourth-order valence-electron chi connectivity index (χ4n) is 3.42. The lowest BCUT2D eigenvalue weighted by atomic mass is 10.0. The van der Waals surface area contributed by atoms with Gasteiger partial charge in [-0.15, -0.1) is 11.6 Å². The van der Waals surface area contributed by atoms with Gasteiger partial charge in [0.05, 0.1) is 0 Å². The van der Waals surface area contributed by atoms with E-state index in [9.17, 15) is 4.79 Å². The summed E-state index contributed by atoms with van der Waals surface area (Å²) in [6, 6.07) is 24.7. The van der Waals surface area contributed by atoms with E-state index in [1.54, 1.807) is 0 Å². The van der Waals surface area contributed by atoms with Crippen LogP contribution < -0.4 is 9.64 Å². The van der Waals surface area contributed by atoms with Crippen LogP contribution in [0.4, 0.5) is 5.69 Å². The quantitative estimate of drug-likeness (QED) is 0.399. The molecule has 1 aliphatic rings. The summed E-state index contributed by atoms with van der Waals surface area (Å²) in [5, 5.41) is 0.262. The van der Waals surface area contributed by atoms with Gasteiger partial charge in [-0.25, -0.2) is 0 Å². The van der Waals surface area contributed by atoms with Gasteiger partial charge in [-0.1, -0.05) is 30.3 Å². The van der Waals surface area contributed by atoms with Crippen molar-refractivity contribution in [2.45, 2.75) is 18.2 Å². The van der Waals surface area contributed by atoms with Crippen molar-refractivity contribution in [3.8, 4) is 11.5 Å². The van der Waals surface area contributed by atoms with E-state index >= 15 is 0 Å². The Morgan fingerprint density at radius 3 is 2.21 bits per heavy atom. The molecule has 1 fully saturated rings. The van der Waals surface area contributed by atoms with Crippen LogP contribution in [0.25, 0.3) is 0 Å². The predicted molar refractivity (Wildman–Crippen MR) is 114 cm³/mol. The molecule has 1 saturated heterocycles. The number of para-hydroxylation sites is 1. The highest BCUT2D eigenvalue weighted by molar-refractivity contribution is 6.20. The van der Waals surface area contributed by atoms with E-state index in [0.29, 0.717) is 16.9 Å². The first kappa shape index (κ1) is 18.6. The van der Waals surface area contributed by atoms with Gasteiger partial charge in [-0.2, -0.15) is 0 Å². The molecular formula is C24H22ClNO2. The summed E-state index contributed by atoms with van der Waals surface area (Å²) in [5.74, 6) is 1.50. The Bertz CT molecular complexity index is 932. The number of hydrogen-bond acceptors (Lipinski definition) is 3. The smallest absolute Gasteiger partial charge is 0.193 e. The molecule has 142 valence electrons. The molecule has 1 heterocycles. The lowest BCUT2D eigenvalue weighted by molar-refractivity contribution is 0.103.